The second-order valence-corrected chi connectivity index (χ2v) is 9.36. The maximum Gasteiger partial charge on any atom is 0.267 e. The fraction of sp³-hybridized carbons (Fsp3) is 0.167. The highest BCUT2D eigenvalue weighted by Gasteiger charge is 2.15. The molecule has 0 aliphatic heterocycles. The molecule has 0 radical (unpaired) electrons. The van der Waals surface area contributed by atoms with Crippen LogP contribution in [0.2, 0.25) is 0 Å². The topological polar surface area (TPSA) is 201 Å². The lowest BCUT2D eigenvalue weighted by Gasteiger charge is -1.92. The van der Waals surface area contributed by atoms with Crippen molar-refractivity contribution in [2.75, 3.05) is 5.32 Å². The lowest BCUT2D eigenvalue weighted by atomic mass is 10.2. The summed E-state index contributed by atoms with van der Waals surface area (Å²) < 4.78 is 47.7. The molecule has 0 aliphatic rings. The minimum Gasteiger partial charge on any atom is -0.356 e. The molecule has 5 N–H and O–H groups in total. The van der Waals surface area contributed by atoms with Gasteiger partial charge in [0.25, 0.3) is 10.0 Å². The monoisotopic (exact) mass is 434 g/mol. The summed E-state index contributed by atoms with van der Waals surface area (Å²) in [7, 11) is -7.39. The average Bonchev–Trinajstić information content (AvgIpc) is 3.13. The van der Waals surface area contributed by atoms with Crippen LogP contribution in [0.15, 0.2) is 33.1 Å². The summed E-state index contributed by atoms with van der Waals surface area (Å²) in [5.41, 5.74) is 0.911. The molecule has 1 amide bonds. The Kier molecular flexibility index (Phi) is 6.22. The predicted molar refractivity (Wildman–Crippen MR) is 96.4 cm³/mol. The fourth-order valence-corrected chi connectivity index (χ4v) is 3.73. The van der Waals surface area contributed by atoms with E-state index in [9.17, 15) is 21.6 Å². The Bertz CT molecular complexity index is 1170. The maximum atomic E-state index is 10.8. The van der Waals surface area contributed by atoms with Gasteiger partial charge in [-0.25, -0.2) is 27.1 Å². The van der Waals surface area contributed by atoms with Crippen molar-refractivity contribution >= 4 is 53.4 Å². The van der Waals surface area contributed by atoms with E-state index in [2.05, 4.69) is 20.7 Å². The molecular formula is C12H14N6O6S3. The normalized spacial score (nSPS) is 11.7. The Morgan fingerprint density at radius 2 is 1.85 bits per heavy atom. The van der Waals surface area contributed by atoms with Crippen LogP contribution < -0.4 is 15.6 Å². The number of hydrogen-bond donors (Lipinski definition) is 3. The molecule has 3 aromatic rings. The van der Waals surface area contributed by atoms with Gasteiger partial charge in [0, 0.05) is 12.3 Å². The summed E-state index contributed by atoms with van der Waals surface area (Å²) in [5.74, 6) is -0.651. The van der Waals surface area contributed by atoms with Gasteiger partial charge >= 0.3 is 0 Å². The molecule has 15 heteroatoms. The molecule has 0 saturated heterocycles. The number of nitrogens with zero attached hydrogens (tertiary/aromatic N) is 3. The Morgan fingerprint density at radius 3 is 2.41 bits per heavy atom. The first-order chi connectivity index (χ1) is 12.5. The SMILES string of the molecule is CC(=O)Nc1nnc(S(N)(=O)=O)s1.NS(=O)(=O)Cc1noc2ccccc12. The van der Waals surface area contributed by atoms with Gasteiger partial charge in [0.05, 0.1) is 0 Å². The van der Waals surface area contributed by atoms with Gasteiger partial charge in [-0.3, -0.25) is 4.79 Å². The maximum absolute atomic E-state index is 10.8. The van der Waals surface area contributed by atoms with Crippen molar-refractivity contribution in [3.8, 4) is 0 Å². The number of carbonyl (C=O) groups is 1. The molecule has 1 aromatic carbocycles. The standard InChI is InChI=1S/C8H8N2O3S.C4H6N4O3S2/c9-14(11,12)5-7-6-3-1-2-4-8(6)13-10-7;1-2(9)6-3-7-8-4(12-3)13(5,10)11/h1-4H,5H2,(H2,9,11,12);1H3,(H2,5,10,11)(H,6,7,9). The molecule has 2 aromatic heterocycles. The van der Waals surface area contributed by atoms with Gasteiger partial charge < -0.3 is 9.84 Å². The van der Waals surface area contributed by atoms with E-state index in [1.54, 1.807) is 24.3 Å². The molecule has 3 rings (SSSR count). The van der Waals surface area contributed by atoms with Gasteiger partial charge in [-0.15, -0.1) is 10.2 Å². The minimum atomic E-state index is -3.82. The van der Waals surface area contributed by atoms with Crippen LogP contribution in [0, 0.1) is 0 Å². The fourth-order valence-electron chi connectivity index (χ4n) is 1.76. The number of anilines is 1. The van der Waals surface area contributed by atoms with Crippen LogP contribution in [0.3, 0.4) is 0 Å². The van der Waals surface area contributed by atoms with Crippen molar-refractivity contribution in [2.45, 2.75) is 17.0 Å². The van der Waals surface area contributed by atoms with Crippen molar-refractivity contribution in [2.24, 2.45) is 10.3 Å². The summed E-state index contributed by atoms with van der Waals surface area (Å²) in [6, 6.07) is 7.03. The van der Waals surface area contributed by atoms with Gasteiger partial charge in [0.2, 0.25) is 25.4 Å². The Labute approximate surface area is 157 Å². The molecule has 0 fully saturated rings. The second-order valence-electron chi connectivity index (χ2n) is 5.03. The van der Waals surface area contributed by atoms with E-state index in [0.717, 1.165) is 0 Å². The van der Waals surface area contributed by atoms with E-state index in [4.69, 9.17) is 14.8 Å². The zero-order valence-electron chi connectivity index (χ0n) is 13.7. The number of benzene rings is 1. The van der Waals surface area contributed by atoms with Crippen molar-refractivity contribution < 1.29 is 26.2 Å². The third-order valence-electron chi connectivity index (χ3n) is 2.72. The zero-order chi connectivity index (χ0) is 20.2. The summed E-state index contributed by atoms with van der Waals surface area (Å²) in [6.45, 7) is 1.28. The summed E-state index contributed by atoms with van der Waals surface area (Å²) in [6.07, 6.45) is 0. The molecule has 0 spiro atoms. The van der Waals surface area contributed by atoms with Crippen LogP contribution in [0.25, 0.3) is 11.0 Å². The Morgan fingerprint density at radius 1 is 1.19 bits per heavy atom. The van der Waals surface area contributed by atoms with E-state index in [1.807, 2.05) is 0 Å². The highest BCUT2D eigenvalue weighted by molar-refractivity contribution is 7.91. The van der Waals surface area contributed by atoms with Crippen LogP contribution >= 0.6 is 11.3 Å². The number of para-hydroxylation sites is 1. The molecule has 12 nitrogen and oxygen atoms in total. The van der Waals surface area contributed by atoms with Gasteiger partial charge in [-0.1, -0.05) is 28.6 Å². The molecule has 0 saturated carbocycles. The highest BCUT2D eigenvalue weighted by Crippen LogP contribution is 2.19. The lowest BCUT2D eigenvalue weighted by Crippen LogP contribution is -2.14. The number of hydrogen-bond acceptors (Lipinski definition) is 10. The number of sulfonamides is 2. The van der Waals surface area contributed by atoms with E-state index in [0.29, 0.717) is 28.0 Å². The number of fused-ring (bicyclic) bond motifs is 1. The van der Waals surface area contributed by atoms with Crippen LogP contribution in [-0.2, 0) is 30.6 Å². The third kappa shape index (κ3) is 6.33. The van der Waals surface area contributed by atoms with Crippen LogP contribution in [0.4, 0.5) is 5.13 Å². The summed E-state index contributed by atoms with van der Waals surface area (Å²) in [5, 5.41) is 23.1. The van der Waals surface area contributed by atoms with E-state index < -0.39 is 20.0 Å². The largest absolute Gasteiger partial charge is 0.356 e. The van der Waals surface area contributed by atoms with E-state index in [-0.39, 0.29) is 21.1 Å². The van der Waals surface area contributed by atoms with Gasteiger partial charge in [0.15, 0.2) is 5.58 Å². The van der Waals surface area contributed by atoms with Crippen molar-refractivity contribution in [1.29, 1.82) is 0 Å². The molecule has 146 valence electrons. The first-order valence-electron chi connectivity index (χ1n) is 6.93. The number of amides is 1. The number of rotatable bonds is 4. The number of aromatic nitrogens is 3. The zero-order valence-corrected chi connectivity index (χ0v) is 16.1. The molecular weight excluding hydrogens is 420 g/mol. The molecule has 0 aliphatic carbocycles. The summed E-state index contributed by atoms with van der Waals surface area (Å²) in [4.78, 5) is 10.5. The average molecular weight is 434 g/mol. The number of nitrogens with two attached hydrogens (primary N) is 2. The molecule has 0 bridgehead atoms. The molecule has 27 heavy (non-hydrogen) atoms. The van der Waals surface area contributed by atoms with E-state index in [1.165, 1.54) is 6.92 Å². The smallest absolute Gasteiger partial charge is 0.267 e. The van der Waals surface area contributed by atoms with Gasteiger partial charge in [-0.2, -0.15) is 0 Å². The van der Waals surface area contributed by atoms with Crippen LogP contribution in [0.5, 0.6) is 0 Å². The van der Waals surface area contributed by atoms with Gasteiger partial charge in [0.1, 0.15) is 11.4 Å². The molecule has 0 atom stereocenters. The molecule has 0 unspecified atom stereocenters. The Hall–Kier alpha value is -2.46. The highest BCUT2D eigenvalue weighted by atomic mass is 32.2. The predicted octanol–water partition coefficient (Wildman–Crippen LogP) is -0.240. The quantitative estimate of drug-likeness (QED) is 0.463. The minimum absolute atomic E-state index is 0.108. The summed E-state index contributed by atoms with van der Waals surface area (Å²) >= 11 is 0.701. The first-order valence-corrected chi connectivity index (χ1v) is 11.0. The third-order valence-corrected chi connectivity index (χ3v) is 5.55. The Balaban J connectivity index is 0.000000194. The number of carbonyl (C=O) groups excluding carboxylic acids is 1. The number of nitrogens with one attached hydrogen (secondary N) is 1. The first kappa shape index (κ1) is 20.8. The van der Waals surface area contributed by atoms with Crippen LogP contribution in [0.1, 0.15) is 12.6 Å². The van der Waals surface area contributed by atoms with Crippen LogP contribution in [-0.4, -0.2) is 38.1 Å². The van der Waals surface area contributed by atoms with Crippen molar-refractivity contribution in [3.05, 3.63) is 30.0 Å². The van der Waals surface area contributed by atoms with E-state index >= 15 is 0 Å². The number of primary sulfonamides is 2. The van der Waals surface area contributed by atoms with Crippen molar-refractivity contribution in [1.82, 2.24) is 15.4 Å². The lowest BCUT2D eigenvalue weighted by molar-refractivity contribution is -0.114. The molecule has 2 heterocycles. The van der Waals surface area contributed by atoms with Gasteiger partial charge in [-0.05, 0) is 12.1 Å². The second kappa shape index (κ2) is 8.05. The van der Waals surface area contributed by atoms with Crippen molar-refractivity contribution in [3.63, 3.8) is 0 Å².